The van der Waals surface area contributed by atoms with Gasteiger partial charge in [0.2, 0.25) is 0 Å². The fourth-order valence-electron chi connectivity index (χ4n) is 2.02. The second-order valence-corrected chi connectivity index (χ2v) is 4.49. The van der Waals surface area contributed by atoms with Crippen molar-refractivity contribution in [3.63, 3.8) is 0 Å². The largest absolute Gasteiger partial charge is 0.299 e. The highest BCUT2D eigenvalue weighted by atomic mass is 79.9. The van der Waals surface area contributed by atoms with Crippen molar-refractivity contribution in [2.45, 2.75) is 25.7 Å². The highest BCUT2D eigenvalue weighted by Gasteiger charge is 2.23. The van der Waals surface area contributed by atoms with Crippen molar-refractivity contribution in [3.8, 4) is 0 Å². The van der Waals surface area contributed by atoms with Crippen LogP contribution in [0.3, 0.4) is 0 Å². The molecule has 0 heterocycles. The lowest BCUT2D eigenvalue weighted by Gasteiger charge is -2.22. The van der Waals surface area contributed by atoms with Gasteiger partial charge in [-0.05, 0) is 23.1 Å². The highest BCUT2D eigenvalue weighted by molar-refractivity contribution is 9.10. The van der Waals surface area contributed by atoms with Crippen molar-refractivity contribution in [1.29, 1.82) is 0 Å². The Kier molecular flexibility index (Phi) is 2.24. The van der Waals surface area contributed by atoms with Crippen molar-refractivity contribution in [2.75, 3.05) is 0 Å². The molecule has 68 valence electrons. The molecule has 0 aliphatic heterocycles. The maximum absolute atomic E-state index is 11.3. The first-order valence-corrected chi connectivity index (χ1v) is 5.27. The van der Waals surface area contributed by atoms with Gasteiger partial charge in [-0.3, -0.25) is 4.79 Å². The number of ketones is 1. The fourth-order valence-corrected chi connectivity index (χ4v) is 2.81. The second kappa shape index (κ2) is 3.26. The normalized spacial score (nSPS) is 21.4. The van der Waals surface area contributed by atoms with E-state index in [2.05, 4.69) is 22.9 Å². The number of benzene rings is 1. The SMILES string of the molecule is CC1CC(=O)Cc2cccc(Br)c21. The van der Waals surface area contributed by atoms with Crippen LogP contribution in [0.2, 0.25) is 0 Å². The molecule has 1 aliphatic rings. The molecule has 0 saturated carbocycles. The van der Waals surface area contributed by atoms with Crippen LogP contribution in [0.15, 0.2) is 22.7 Å². The number of halogens is 1. The number of rotatable bonds is 0. The monoisotopic (exact) mass is 238 g/mol. The maximum atomic E-state index is 11.3. The predicted molar refractivity (Wildman–Crippen MR) is 55.9 cm³/mol. The van der Waals surface area contributed by atoms with Crippen molar-refractivity contribution in [2.24, 2.45) is 0 Å². The molecule has 13 heavy (non-hydrogen) atoms. The van der Waals surface area contributed by atoms with Gasteiger partial charge in [0.25, 0.3) is 0 Å². The lowest BCUT2D eigenvalue weighted by atomic mass is 9.83. The lowest BCUT2D eigenvalue weighted by Crippen LogP contribution is -2.16. The third-order valence-corrected chi connectivity index (χ3v) is 3.25. The van der Waals surface area contributed by atoms with E-state index < -0.39 is 0 Å². The van der Waals surface area contributed by atoms with Gasteiger partial charge >= 0.3 is 0 Å². The van der Waals surface area contributed by atoms with Crippen LogP contribution in [0, 0.1) is 0 Å². The maximum Gasteiger partial charge on any atom is 0.137 e. The van der Waals surface area contributed by atoms with Crippen LogP contribution in [0.5, 0.6) is 0 Å². The summed E-state index contributed by atoms with van der Waals surface area (Å²) in [6, 6.07) is 6.09. The lowest BCUT2D eigenvalue weighted by molar-refractivity contribution is -0.119. The van der Waals surface area contributed by atoms with Gasteiger partial charge in [-0.25, -0.2) is 0 Å². The molecule has 0 saturated heterocycles. The molecule has 1 atom stereocenters. The Balaban J connectivity index is 2.55. The summed E-state index contributed by atoms with van der Waals surface area (Å²) < 4.78 is 1.14. The number of hydrogen-bond acceptors (Lipinski definition) is 1. The molecule has 0 amide bonds. The van der Waals surface area contributed by atoms with Crippen LogP contribution in [0.1, 0.15) is 30.4 Å². The zero-order valence-electron chi connectivity index (χ0n) is 7.51. The molecule has 0 fully saturated rings. The van der Waals surface area contributed by atoms with E-state index >= 15 is 0 Å². The van der Waals surface area contributed by atoms with Crippen LogP contribution in [-0.2, 0) is 11.2 Å². The van der Waals surface area contributed by atoms with Gasteiger partial charge in [-0.2, -0.15) is 0 Å². The predicted octanol–water partition coefficient (Wildman–Crippen LogP) is 3.07. The van der Waals surface area contributed by atoms with Crippen LogP contribution in [-0.4, -0.2) is 5.78 Å². The molecule has 1 aromatic rings. The Labute approximate surface area is 86.3 Å². The van der Waals surface area contributed by atoms with Crippen LogP contribution < -0.4 is 0 Å². The molecule has 0 radical (unpaired) electrons. The fraction of sp³-hybridized carbons (Fsp3) is 0.364. The van der Waals surface area contributed by atoms with Crippen molar-refractivity contribution >= 4 is 21.7 Å². The van der Waals surface area contributed by atoms with Crippen LogP contribution in [0.4, 0.5) is 0 Å². The number of carbonyl (C=O) groups is 1. The Morgan fingerprint density at radius 1 is 1.46 bits per heavy atom. The summed E-state index contributed by atoms with van der Waals surface area (Å²) in [4.78, 5) is 11.3. The molecule has 2 heteroatoms. The van der Waals surface area contributed by atoms with E-state index in [9.17, 15) is 4.79 Å². The molecular formula is C11H11BrO. The van der Waals surface area contributed by atoms with E-state index in [1.807, 2.05) is 18.2 Å². The van der Waals surface area contributed by atoms with Crippen molar-refractivity contribution in [1.82, 2.24) is 0 Å². The summed E-state index contributed by atoms with van der Waals surface area (Å²) in [6.45, 7) is 2.11. The molecule has 1 aliphatic carbocycles. The molecule has 1 nitrogen and oxygen atoms in total. The Hall–Kier alpha value is -0.630. The highest BCUT2D eigenvalue weighted by Crippen LogP contribution is 2.34. The number of hydrogen-bond donors (Lipinski definition) is 0. The first-order valence-electron chi connectivity index (χ1n) is 4.47. The average Bonchev–Trinajstić information content (AvgIpc) is 2.02. The van der Waals surface area contributed by atoms with Gasteiger partial charge in [0, 0.05) is 17.3 Å². The second-order valence-electron chi connectivity index (χ2n) is 3.63. The summed E-state index contributed by atoms with van der Waals surface area (Å²) in [6.07, 6.45) is 1.30. The molecule has 1 unspecified atom stereocenters. The third kappa shape index (κ3) is 1.55. The minimum atomic E-state index is 0.359. The van der Waals surface area contributed by atoms with Gasteiger partial charge in [0.05, 0.1) is 0 Å². The Bertz CT molecular complexity index is 357. The average molecular weight is 239 g/mol. The quantitative estimate of drug-likeness (QED) is 0.679. The van der Waals surface area contributed by atoms with E-state index in [4.69, 9.17) is 0 Å². The molecule has 0 N–H and O–H groups in total. The van der Waals surface area contributed by atoms with Crippen molar-refractivity contribution in [3.05, 3.63) is 33.8 Å². The van der Waals surface area contributed by atoms with E-state index in [-0.39, 0.29) is 0 Å². The number of fused-ring (bicyclic) bond motifs is 1. The summed E-state index contributed by atoms with van der Waals surface area (Å²) in [5, 5.41) is 0. The minimum absolute atomic E-state index is 0.359. The smallest absolute Gasteiger partial charge is 0.137 e. The van der Waals surface area contributed by atoms with Gasteiger partial charge in [0.15, 0.2) is 0 Å². The third-order valence-electron chi connectivity index (χ3n) is 2.56. The van der Waals surface area contributed by atoms with E-state index in [1.165, 1.54) is 11.1 Å². The number of carbonyl (C=O) groups excluding carboxylic acids is 1. The van der Waals surface area contributed by atoms with E-state index in [0.717, 1.165) is 4.47 Å². The topological polar surface area (TPSA) is 17.1 Å². The molecular weight excluding hydrogens is 228 g/mol. The zero-order chi connectivity index (χ0) is 9.42. The molecule has 2 rings (SSSR count). The van der Waals surface area contributed by atoms with Gasteiger partial charge in [-0.1, -0.05) is 35.0 Å². The first-order chi connectivity index (χ1) is 6.18. The van der Waals surface area contributed by atoms with E-state index in [1.54, 1.807) is 0 Å². The minimum Gasteiger partial charge on any atom is -0.299 e. The number of Topliss-reactive ketones (excluding diaryl/α,β-unsaturated/α-hetero) is 1. The summed E-state index contributed by atoms with van der Waals surface area (Å²) in [5.74, 6) is 0.727. The summed E-state index contributed by atoms with van der Waals surface area (Å²) in [5.41, 5.74) is 2.51. The van der Waals surface area contributed by atoms with Gasteiger partial charge in [-0.15, -0.1) is 0 Å². The molecule has 1 aromatic carbocycles. The van der Waals surface area contributed by atoms with Crippen molar-refractivity contribution < 1.29 is 4.79 Å². The van der Waals surface area contributed by atoms with Gasteiger partial charge in [0.1, 0.15) is 5.78 Å². The van der Waals surface area contributed by atoms with Crippen LogP contribution in [0.25, 0.3) is 0 Å². The summed E-state index contributed by atoms with van der Waals surface area (Å²) >= 11 is 3.53. The summed E-state index contributed by atoms with van der Waals surface area (Å²) in [7, 11) is 0. The Morgan fingerprint density at radius 3 is 3.00 bits per heavy atom. The van der Waals surface area contributed by atoms with Gasteiger partial charge < -0.3 is 0 Å². The Morgan fingerprint density at radius 2 is 2.23 bits per heavy atom. The molecule has 0 aromatic heterocycles. The zero-order valence-corrected chi connectivity index (χ0v) is 9.10. The molecule has 0 bridgehead atoms. The molecule has 0 spiro atoms. The van der Waals surface area contributed by atoms with E-state index in [0.29, 0.717) is 24.5 Å². The standard InChI is InChI=1S/C11H11BrO/c1-7-5-9(13)6-8-3-2-4-10(12)11(7)8/h2-4,7H,5-6H2,1H3. The van der Waals surface area contributed by atoms with Crippen LogP contribution >= 0.6 is 15.9 Å². The first kappa shape index (κ1) is 8.95.